The molecule has 2 nitrogen and oxygen atoms in total. The third kappa shape index (κ3) is 7.97. The quantitative estimate of drug-likeness (QED) is 0.617. The third-order valence-corrected chi connectivity index (χ3v) is 1.75. The zero-order chi connectivity index (χ0) is 10.5. The van der Waals surface area contributed by atoms with Crippen molar-refractivity contribution in [2.75, 3.05) is 6.61 Å². The molecular weight excluding hydrogens is 164 g/mol. The van der Waals surface area contributed by atoms with Crippen molar-refractivity contribution in [2.45, 2.75) is 53.1 Å². The summed E-state index contributed by atoms with van der Waals surface area (Å²) in [5.41, 5.74) is -0.0825. The Labute approximate surface area is 81.7 Å². The molecule has 0 bridgehead atoms. The van der Waals surface area contributed by atoms with Crippen molar-refractivity contribution in [1.29, 1.82) is 0 Å². The summed E-state index contributed by atoms with van der Waals surface area (Å²) in [7, 11) is 0. The second-order valence-corrected chi connectivity index (χ2v) is 4.69. The van der Waals surface area contributed by atoms with Crippen molar-refractivity contribution >= 4 is 5.78 Å². The average Bonchev–Trinajstić information content (AvgIpc) is 1.95. The minimum Gasteiger partial charge on any atom is -0.376 e. The van der Waals surface area contributed by atoms with Crippen LogP contribution in [0.25, 0.3) is 0 Å². The summed E-state index contributed by atoms with van der Waals surface area (Å²) < 4.78 is 5.51. The van der Waals surface area contributed by atoms with E-state index >= 15 is 0 Å². The van der Waals surface area contributed by atoms with Crippen LogP contribution < -0.4 is 0 Å². The van der Waals surface area contributed by atoms with E-state index in [4.69, 9.17) is 4.74 Å². The van der Waals surface area contributed by atoms with Crippen LogP contribution >= 0.6 is 0 Å². The van der Waals surface area contributed by atoms with Crippen LogP contribution in [0.3, 0.4) is 0 Å². The number of ketones is 1. The molecule has 0 heterocycles. The van der Waals surface area contributed by atoms with Gasteiger partial charge in [0.2, 0.25) is 0 Å². The highest BCUT2D eigenvalue weighted by molar-refractivity contribution is 5.80. The molecule has 0 aliphatic heterocycles. The third-order valence-electron chi connectivity index (χ3n) is 1.75. The summed E-state index contributed by atoms with van der Waals surface area (Å²) in [4.78, 5) is 11.2. The number of carbonyl (C=O) groups is 1. The van der Waals surface area contributed by atoms with Gasteiger partial charge < -0.3 is 4.74 Å². The van der Waals surface area contributed by atoms with E-state index in [9.17, 15) is 4.79 Å². The molecule has 0 aliphatic carbocycles. The molecule has 0 aromatic carbocycles. The van der Waals surface area contributed by atoms with Gasteiger partial charge in [-0.25, -0.2) is 0 Å². The standard InChI is InChI=1S/C11H22O2/c1-9(2)10(12)7-6-8-13-11(3,4)5/h9H,6-8H2,1-5H3. The Balaban J connectivity index is 3.42. The molecule has 0 aromatic heterocycles. The van der Waals surface area contributed by atoms with Crippen LogP contribution in [0.1, 0.15) is 47.5 Å². The number of carbonyl (C=O) groups excluding carboxylic acids is 1. The van der Waals surface area contributed by atoms with E-state index in [2.05, 4.69) is 0 Å². The first kappa shape index (κ1) is 12.6. The Morgan fingerprint density at radius 2 is 1.85 bits per heavy atom. The highest BCUT2D eigenvalue weighted by Gasteiger charge is 2.11. The van der Waals surface area contributed by atoms with Gasteiger partial charge in [0.15, 0.2) is 0 Å². The number of Topliss-reactive ketones (excluding diaryl/α,β-unsaturated/α-hetero) is 1. The van der Waals surface area contributed by atoms with Crippen molar-refractivity contribution in [1.82, 2.24) is 0 Å². The summed E-state index contributed by atoms with van der Waals surface area (Å²) in [5, 5.41) is 0. The van der Waals surface area contributed by atoms with E-state index in [1.54, 1.807) is 0 Å². The van der Waals surface area contributed by atoms with E-state index in [0.29, 0.717) is 18.8 Å². The second kappa shape index (κ2) is 5.38. The van der Waals surface area contributed by atoms with Gasteiger partial charge in [0.05, 0.1) is 5.60 Å². The molecule has 0 atom stereocenters. The minimum atomic E-state index is -0.0825. The van der Waals surface area contributed by atoms with E-state index < -0.39 is 0 Å². The Bertz CT molecular complexity index is 154. The fourth-order valence-corrected chi connectivity index (χ4v) is 0.913. The highest BCUT2D eigenvalue weighted by Crippen LogP contribution is 2.09. The Morgan fingerprint density at radius 3 is 2.23 bits per heavy atom. The van der Waals surface area contributed by atoms with Crippen LogP contribution in [0.15, 0.2) is 0 Å². The second-order valence-electron chi connectivity index (χ2n) is 4.69. The van der Waals surface area contributed by atoms with Crippen LogP contribution in [-0.2, 0) is 9.53 Å². The smallest absolute Gasteiger partial charge is 0.135 e. The number of ether oxygens (including phenoxy) is 1. The first-order valence-electron chi connectivity index (χ1n) is 4.99. The molecule has 78 valence electrons. The fraction of sp³-hybridized carbons (Fsp3) is 0.909. The number of hydrogen-bond acceptors (Lipinski definition) is 2. The van der Waals surface area contributed by atoms with E-state index in [1.165, 1.54) is 0 Å². The lowest BCUT2D eigenvalue weighted by Gasteiger charge is -2.19. The van der Waals surface area contributed by atoms with Crippen molar-refractivity contribution in [3.8, 4) is 0 Å². The predicted molar refractivity (Wildman–Crippen MR) is 54.8 cm³/mol. The summed E-state index contributed by atoms with van der Waals surface area (Å²) in [6.07, 6.45) is 1.49. The van der Waals surface area contributed by atoms with Crippen molar-refractivity contribution < 1.29 is 9.53 Å². The largest absolute Gasteiger partial charge is 0.376 e. The molecule has 0 radical (unpaired) electrons. The van der Waals surface area contributed by atoms with Crippen molar-refractivity contribution in [3.63, 3.8) is 0 Å². The van der Waals surface area contributed by atoms with E-state index in [-0.39, 0.29) is 11.5 Å². The Kier molecular flexibility index (Phi) is 5.23. The summed E-state index contributed by atoms with van der Waals surface area (Å²) in [5.74, 6) is 0.493. The van der Waals surface area contributed by atoms with Crippen molar-refractivity contribution in [2.24, 2.45) is 5.92 Å². The molecule has 0 unspecified atom stereocenters. The van der Waals surface area contributed by atoms with Crippen LogP contribution in [-0.4, -0.2) is 18.0 Å². The maximum atomic E-state index is 11.2. The van der Waals surface area contributed by atoms with Crippen molar-refractivity contribution in [3.05, 3.63) is 0 Å². The molecule has 0 N–H and O–H groups in total. The van der Waals surface area contributed by atoms with Crippen LogP contribution in [0, 0.1) is 5.92 Å². The zero-order valence-corrected chi connectivity index (χ0v) is 9.52. The molecule has 0 saturated carbocycles. The van der Waals surface area contributed by atoms with E-state index in [1.807, 2.05) is 34.6 Å². The van der Waals surface area contributed by atoms with Gasteiger partial charge in [-0.2, -0.15) is 0 Å². The lowest BCUT2D eigenvalue weighted by Crippen LogP contribution is -2.20. The molecular formula is C11H22O2. The topological polar surface area (TPSA) is 26.3 Å². The molecule has 2 heteroatoms. The first-order valence-corrected chi connectivity index (χ1v) is 4.99. The molecule has 0 aromatic rings. The fourth-order valence-electron chi connectivity index (χ4n) is 0.913. The monoisotopic (exact) mass is 186 g/mol. The Morgan fingerprint density at radius 1 is 1.31 bits per heavy atom. The molecule has 13 heavy (non-hydrogen) atoms. The van der Waals surface area contributed by atoms with Crippen LogP contribution in [0.5, 0.6) is 0 Å². The van der Waals surface area contributed by atoms with Gasteiger partial charge in [-0.05, 0) is 27.2 Å². The van der Waals surface area contributed by atoms with Crippen LogP contribution in [0.4, 0.5) is 0 Å². The maximum absolute atomic E-state index is 11.2. The average molecular weight is 186 g/mol. The molecule has 0 spiro atoms. The SMILES string of the molecule is CC(C)C(=O)CCCOC(C)(C)C. The van der Waals surface area contributed by atoms with Gasteiger partial charge in [0, 0.05) is 18.9 Å². The van der Waals surface area contributed by atoms with Gasteiger partial charge in [-0.15, -0.1) is 0 Å². The van der Waals surface area contributed by atoms with Crippen LogP contribution in [0.2, 0.25) is 0 Å². The highest BCUT2D eigenvalue weighted by atomic mass is 16.5. The van der Waals surface area contributed by atoms with Gasteiger partial charge in [0.25, 0.3) is 0 Å². The predicted octanol–water partition coefficient (Wildman–Crippen LogP) is 2.81. The maximum Gasteiger partial charge on any atom is 0.135 e. The Hall–Kier alpha value is -0.370. The lowest BCUT2D eigenvalue weighted by atomic mass is 10.1. The minimum absolute atomic E-state index is 0.0825. The molecule has 0 amide bonds. The first-order chi connectivity index (χ1) is 5.83. The van der Waals surface area contributed by atoms with Gasteiger partial charge in [-0.1, -0.05) is 13.8 Å². The van der Waals surface area contributed by atoms with Gasteiger partial charge >= 0.3 is 0 Å². The molecule has 0 saturated heterocycles. The summed E-state index contributed by atoms with van der Waals surface area (Å²) in [6, 6.07) is 0. The number of hydrogen-bond donors (Lipinski definition) is 0. The number of rotatable bonds is 5. The molecule has 0 aliphatic rings. The van der Waals surface area contributed by atoms with E-state index in [0.717, 1.165) is 6.42 Å². The zero-order valence-electron chi connectivity index (χ0n) is 9.52. The molecule has 0 fully saturated rings. The summed E-state index contributed by atoms with van der Waals surface area (Å²) in [6.45, 7) is 10.6. The normalized spacial score (nSPS) is 12.2. The lowest BCUT2D eigenvalue weighted by molar-refractivity contribution is -0.122. The molecule has 0 rings (SSSR count). The summed E-state index contributed by atoms with van der Waals surface area (Å²) >= 11 is 0. The van der Waals surface area contributed by atoms with Gasteiger partial charge in [0.1, 0.15) is 5.78 Å². The van der Waals surface area contributed by atoms with Gasteiger partial charge in [-0.3, -0.25) is 4.79 Å².